The van der Waals surface area contributed by atoms with Crippen molar-refractivity contribution in [1.82, 2.24) is 15.5 Å². The zero-order valence-electron chi connectivity index (χ0n) is 12.1. The maximum absolute atomic E-state index is 12.2. The molecule has 0 bridgehead atoms. The van der Waals surface area contributed by atoms with Crippen LogP contribution in [0.5, 0.6) is 0 Å². The first-order chi connectivity index (χ1) is 9.59. The van der Waals surface area contributed by atoms with Crippen LogP contribution in [0.2, 0.25) is 0 Å². The number of aromatic nitrogens is 2. The lowest BCUT2D eigenvalue weighted by Gasteiger charge is -2.27. The number of thioether (sulfide) groups is 1. The van der Waals surface area contributed by atoms with E-state index in [1.807, 2.05) is 13.8 Å². The maximum atomic E-state index is 12.2. The van der Waals surface area contributed by atoms with Gasteiger partial charge < -0.3 is 14.5 Å². The van der Waals surface area contributed by atoms with Gasteiger partial charge >= 0.3 is 5.97 Å². The van der Waals surface area contributed by atoms with Crippen LogP contribution in [0, 0.1) is 6.92 Å². The normalized spacial score (nSPS) is 25.9. The average molecular weight is 299 g/mol. The summed E-state index contributed by atoms with van der Waals surface area (Å²) in [5, 5.41) is 12.0. The summed E-state index contributed by atoms with van der Waals surface area (Å²) in [6.45, 7) is 6.76. The Morgan fingerprint density at radius 3 is 2.95 bits per heavy atom. The van der Waals surface area contributed by atoms with Crippen LogP contribution in [0.3, 0.4) is 0 Å². The van der Waals surface area contributed by atoms with Crippen molar-refractivity contribution in [2.24, 2.45) is 0 Å². The monoisotopic (exact) mass is 299 g/mol. The molecule has 0 aliphatic heterocycles. The molecule has 1 aromatic rings. The Balaban J connectivity index is 2.01. The van der Waals surface area contributed by atoms with Gasteiger partial charge in [0.2, 0.25) is 5.89 Å². The number of nitrogens with zero attached hydrogens (tertiary/aromatic N) is 2. The van der Waals surface area contributed by atoms with Crippen molar-refractivity contribution >= 4 is 17.7 Å². The van der Waals surface area contributed by atoms with Gasteiger partial charge in [-0.3, -0.25) is 4.79 Å². The molecule has 1 fully saturated rings. The molecule has 0 saturated heterocycles. The molecule has 0 aromatic carbocycles. The number of hydrogen-bond acceptors (Lipinski definition) is 7. The van der Waals surface area contributed by atoms with E-state index in [1.54, 1.807) is 18.7 Å². The smallest absolute Gasteiger partial charge is 0.326 e. The number of likely N-dealkylation sites (N-methyl/N-ethyl adjacent to an activating group) is 1. The highest BCUT2D eigenvalue weighted by Crippen LogP contribution is 2.40. The summed E-state index contributed by atoms with van der Waals surface area (Å²) in [6, 6.07) is 0. The minimum atomic E-state index is -0.558. The first-order valence-corrected chi connectivity index (χ1v) is 7.86. The number of hydrogen-bond donors (Lipinski definition) is 1. The summed E-state index contributed by atoms with van der Waals surface area (Å²) in [4.78, 5) is 12.2. The first kappa shape index (κ1) is 15.3. The van der Waals surface area contributed by atoms with E-state index in [0.717, 1.165) is 25.8 Å². The van der Waals surface area contributed by atoms with E-state index >= 15 is 0 Å². The molecule has 0 radical (unpaired) electrons. The van der Waals surface area contributed by atoms with Crippen LogP contribution in [0.1, 0.15) is 39.0 Å². The van der Waals surface area contributed by atoms with Gasteiger partial charge in [0, 0.05) is 12.2 Å². The van der Waals surface area contributed by atoms with Gasteiger partial charge in [0.1, 0.15) is 5.54 Å². The lowest BCUT2D eigenvalue weighted by molar-refractivity contribution is -0.151. The fourth-order valence-electron chi connectivity index (χ4n) is 2.60. The van der Waals surface area contributed by atoms with Gasteiger partial charge in [-0.15, -0.1) is 10.2 Å². The quantitative estimate of drug-likeness (QED) is 0.804. The molecule has 1 saturated carbocycles. The second-order valence-electron chi connectivity index (χ2n) is 4.90. The summed E-state index contributed by atoms with van der Waals surface area (Å²) in [7, 11) is 0. The van der Waals surface area contributed by atoms with E-state index in [4.69, 9.17) is 9.15 Å². The lowest BCUT2D eigenvalue weighted by Crippen LogP contribution is -2.51. The molecular formula is C13H21N3O3S. The van der Waals surface area contributed by atoms with Gasteiger partial charge in [0.05, 0.1) is 6.61 Å². The Hall–Kier alpha value is -1.08. The number of ether oxygens (including phenoxy) is 1. The molecule has 1 aliphatic carbocycles. The van der Waals surface area contributed by atoms with Crippen molar-refractivity contribution < 1.29 is 13.9 Å². The Morgan fingerprint density at radius 2 is 2.35 bits per heavy atom. The van der Waals surface area contributed by atoms with E-state index < -0.39 is 5.54 Å². The largest absolute Gasteiger partial charge is 0.465 e. The van der Waals surface area contributed by atoms with Crippen molar-refractivity contribution in [3.05, 3.63) is 5.89 Å². The average Bonchev–Trinajstić information content (AvgIpc) is 2.99. The van der Waals surface area contributed by atoms with Gasteiger partial charge in [-0.2, -0.15) is 0 Å². The van der Waals surface area contributed by atoms with Crippen molar-refractivity contribution in [2.45, 2.75) is 56.0 Å². The highest BCUT2D eigenvalue weighted by Gasteiger charge is 2.46. The van der Waals surface area contributed by atoms with Crippen molar-refractivity contribution in [3.63, 3.8) is 0 Å². The van der Waals surface area contributed by atoms with Crippen LogP contribution in [0.4, 0.5) is 0 Å². The van der Waals surface area contributed by atoms with Crippen LogP contribution < -0.4 is 5.32 Å². The second-order valence-corrected chi connectivity index (χ2v) is 6.15. The predicted molar refractivity (Wildman–Crippen MR) is 75.6 cm³/mol. The molecule has 2 rings (SSSR count). The third-order valence-electron chi connectivity index (χ3n) is 3.43. The molecule has 112 valence electrons. The third-order valence-corrected chi connectivity index (χ3v) is 4.53. The standard InChI is InChI=1S/C13H21N3O3S/c1-4-14-13(11(17)18-5-2)7-6-10(8-13)20-12-16-15-9(3)19-12/h10,14H,4-8H2,1-3H3. The van der Waals surface area contributed by atoms with E-state index in [9.17, 15) is 4.79 Å². The van der Waals surface area contributed by atoms with E-state index in [-0.39, 0.29) is 5.97 Å². The highest BCUT2D eigenvalue weighted by molar-refractivity contribution is 7.99. The molecule has 0 amide bonds. The molecule has 6 nitrogen and oxygen atoms in total. The summed E-state index contributed by atoms with van der Waals surface area (Å²) in [6.07, 6.45) is 2.44. The molecule has 1 N–H and O–H groups in total. The van der Waals surface area contributed by atoms with Gasteiger partial charge in [0.15, 0.2) is 0 Å². The van der Waals surface area contributed by atoms with E-state index in [2.05, 4.69) is 15.5 Å². The van der Waals surface area contributed by atoms with Gasteiger partial charge in [-0.25, -0.2) is 0 Å². The summed E-state index contributed by atoms with van der Waals surface area (Å²) >= 11 is 1.55. The minimum absolute atomic E-state index is 0.147. The number of esters is 1. The zero-order valence-corrected chi connectivity index (χ0v) is 13.0. The summed E-state index contributed by atoms with van der Waals surface area (Å²) in [5.41, 5.74) is -0.558. The topological polar surface area (TPSA) is 77.2 Å². The number of carbonyl (C=O) groups is 1. The SMILES string of the molecule is CCNC1(C(=O)OCC)CCC(Sc2nnc(C)o2)C1. The predicted octanol–water partition coefficient (Wildman–Crippen LogP) is 1.93. The van der Waals surface area contributed by atoms with Crippen molar-refractivity contribution in [3.8, 4) is 0 Å². The Labute approximate surface area is 123 Å². The van der Waals surface area contributed by atoms with Gasteiger partial charge in [-0.05, 0) is 32.7 Å². The molecule has 0 spiro atoms. The molecular weight excluding hydrogens is 278 g/mol. The van der Waals surface area contributed by atoms with Gasteiger partial charge in [0.25, 0.3) is 5.22 Å². The molecule has 7 heteroatoms. The number of aryl methyl sites for hydroxylation is 1. The highest BCUT2D eigenvalue weighted by atomic mass is 32.2. The van der Waals surface area contributed by atoms with Crippen LogP contribution in [-0.2, 0) is 9.53 Å². The zero-order chi connectivity index (χ0) is 14.6. The lowest BCUT2D eigenvalue weighted by atomic mass is 9.98. The fourth-order valence-corrected chi connectivity index (χ4v) is 3.74. The maximum Gasteiger partial charge on any atom is 0.326 e. The molecule has 2 unspecified atom stereocenters. The number of carbonyl (C=O) groups excluding carboxylic acids is 1. The van der Waals surface area contributed by atoms with Crippen molar-refractivity contribution in [2.75, 3.05) is 13.2 Å². The molecule has 1 heterocycles. The molecule has 20 heavy (non-hydrogen) atoms. The third kappa shape index (κ3) is 3.32. The van der Waals surface area contributed by atoms with E-state index in [0.29, 0.717) is 23.0 Å². The molecule has 1 aromatic heterocycles. The molecule has 2 atom stereocenters. The Bertz CT molecular complexity index is 465. The Kier molecular flexibility index (Phi) is 5.04. The van der Waals surface area contributed by atoms with Crippen molar-refractivity contribution in [1.29, 1.82) is 0 Å². The minimum Gasteiger partial charge on any atom is -0.465 e. The summed E-state index contributed by atoms with van der Waals surface area (Å²) in [5.74, 6) is 0.417. The fraction of sp³-hybridized carbons (Fsp3) is 0.769. The van der Waals surface area contributed by atoms with Gasteiger partial charge in [-0.1, -0.05) is 18.7 Å². The molecule has 1 aliphatic rings. The van der Waals surface area contributed by atoms with Crippen LogP contribution >= 0.6 is 11.8 Å². The first-order valence-electron chi connectivity index (χ1n) is 6.98. The van der Waals surface area contributed by atoms with Crippen LogP contribution in [0.15, 0.2) is 9.64 Å². The second kappa shape index (κ2) is 6.58. The summed E-state index contributed by atoms with van der Waals surface area (Å²) < 4.78 is 10.6. The van der Waals surface area contributed by atoms with E-state index in [1.165, 1.54) is 0 Å². The van der Waals surface area contributed by atoms with Crippen LogP contribution in [-0.4, -0.2) is 40.1 Å². The number of nitrogens with one attached hydrogen (secondary N) is 1. The number of rotatable bonds is 6. The van der Waals surface area contributed by atoms with Crippen LogP contribution in [0.25, 0.3) is 0 Å². The Morgan fingerprint density at radius 1 is 1.55 bits per heavy atom.